The molecule has 1 aromatic heterocycles. The molecule has 0 fully saturated rings. The van der Waals surface area contributed by atoms with E-state index in [2.05, 4.69) is 61.0 Å². The first-order chi connectivity index (χ1) is 9.20. The summed E-state index contributed by atoms with van der Waals surface area (Å²) in [7, 11) is 0. The average molecular weight is 436 g/mol. The first-order valence-corrected chi connectivity index (χ1v) is 8.06. The van der Waals surface area contributed by atoms with Crippen LogP contribution < -0.4 is 5.32 Å². The van der Waals surface area contributed by atoms with E-state index in [0.717, 1.165) is 39.5 Å². The number of aromatic nitrogens is 2. The molecular formula is C13H15BrIN3O. The lowest BCUT2D eigenvalue weighted by molar-refractivity contribution is 0.494. The second-order valence-electron chi connectivity index (χ2n) is 4.13. The number of rotatable bonds is 6. The number of benzene rings is 1. The summed E-state index contributed by atoms with van der Waals surface area (Å²) in [6.45, 7) is 4.03. The summed E-state index contributed by atoms with van der Waals surface area (Å²) in [4.78, 5) is 0. The monoisotopic (exact) mass is 435 g/mol. The molecule has 0 saturated heterocycles. The Labute approximate surface area is 134 Å². The van der Waals surface area contributed by atoms with Crippen molar-refractivity contribution in [1.82, 2.24) is 15.5 Å². The molecule has 0 amide bonds. The molecule has 6 heteroatoms. The molecule has 0 bridgehead atoms. The van der Waals surface area contributed by atoms with Crippen LogP contribution >= 0.6 is 38.5 Å². The topological polar surface area (TPSA) is 51.0 Å². The third-order valence-corrected chi connectivity index (χ3v) is 4.00. The van der Waals surface area contributed by atoms with Crippen LogP contribution in [0.15, 0.2) is 27.1 Å². The van der Waals surface area contributed by atoms with E-state index in [1.54, 1.807) is 0 Å². The average Bonchev–Trinajstić information content (AvgIpc) is 2.86. The maximum atomic E-state index is 5.70. The molecule has 2 aromatic rings. The lowest BCUT2D eigenvalue weighted by atomic mass is 10.2. The van der Waals surface area contributed by atoms with Crippen molar-refractivity contribution in [3.8, 4) is 11.5 Å². The van der Waals surface area contributed by atoms with Gasteiger partial charge >= 0.3 is 0 Å². The van der Waals surface area contributed by atoms with Crippen LogP contribution in [0.2, 0.25) is 0 Å². The molecule has 1 aromatic carbocycles. The minimum absolute atomic E-state index is 0.580. The summed E-state index contributed by atoms with van der Waals surface area (Å²) in [6.07, 6.45) is 1.89. The zero-order valence-corrected chi connectivity index (χ0v) is 14.4. The van der Waals surface area contributed by atoms with Gasteiger partial charge in [-0.15, -0.1) is 10.2 Å². The zero-order valence-electron chi connectivity index (χ0n) is 10.6. The first-order valence-electron chi connectivity index (χ1n) is 6.19. The normalized spacial score (nSPS) is 10.9. The maximum Gasteiger partial charge on any atom is 0.248 e. The van der Waals surface area contributed by atoms with Gasteiger partial charge in [-0.1, -0.05) is 22.9 Å². The van der Waals surface area contributed by atoms with E-state index in [-0.39, 0.29) is 0 Å². The largest absolute Gasteiger partial charge is 0.421 e. The highest BCUT2D eigenvalue weighted by molar-refractivity contribution is 14.1. The molecule has 0 unspecified atom stereocenters. The Morgan fingerprint density at radius 1 is 1.32 bits per heavy atom. The van der Waals surface area contributed by atoms with Crippen LogP contribution in [0.1, 0.15) is 19.2 Å². The molecule has 0 aliphatic carbocycles. The summed E-state index contributed by atoms with van der Waals surface area (Å²) < 4.78 is 7.80. The smallest absolute Gasteiger partial charge is 0.248 e. The van der Waals surface area contributed by atoms with Crippen molar-refractivity contribution in [2.24, 2.45) is 0 Å². The lowest BCUT2D eigenvalue weighted by Crippen LogP contribution is -2.17. The van der Waals surface area contributed by atoms with Gasteiger partial charge in [-0.05, 0) is 53.8 Å². The molecule has 2 rings (SSSR count). The third kappa shape index (κ3) is 4.25. The lowest BCUT2D eigenvalue weighted by Gasteiger charge is -2.00. The van der Waals surface area contributed by atoms with Crippen LogP contribution in [0.4, 0.5) is 0 Å². The van der Waals surface area contributed by atoms with Crippen molar-refractivity contribution in [2.75, 3.05) is 13.1 Å². The molecule has 1 N–H and O–H groups in total. The molecule has 4 nitrogen and oxygen atoms in total. The molecule has 102 valence electrons. The number of nitrogens with zero attached hydrogens (tertiary/aromatic N) is 2. The van der Waals surface area contributed by atoms with E-state index in [9.17, 15) is 0 Å². The molecule has 0 aliphatic heterocycles. The number of nitrogens with one attached hydrogen (secondary N) is 1. The third-order valence-electron chi connectivity index (χ3n) is 2.57. The van der Waals surface area contributed by atoms with Crippen molar-refractivity contribution < 1.29 is 4.42 Å². The number of hydrogen-bond acceptors (Lipinski definition) is 4. The number of halogens is 2. The second-order valence-corrected chi connectivity index (χ2v) is 6.20. The van der Waals surface area contributed by atoms with E-state index in [1.165, 1.54) is 0 Å². The molecule has 0 spiro atoms. The molecule has 0 radical (unpaired) electrons. The Morgan fingerprint density at radius 2 is 2.16 bits per heavy atom. The Bertz CT molecular complexity index is 544. The van der Waals surface area contributed by atoms with Gasteiger partial charge in [0.1, 0.15) is 0 Å². The highest BCUT2D eigenvalue weighted by atomic mass is 127. The van der Waals surface area contributed by atoms with Gasteiger partial charge < -0.3 is 9.73 Å². The standard InChI is InChI=1S/C13H15BrIN3O/c1-2-6-16-7-5-12-17-18-13(19-12)10-8-9(14)3-4-11(10)15/h3-4,8,16H,2,5-7H2,1H3. The van der Waals surface area contributed by atoms with Crippen molar-refractivity contribution in [3.05, 3.63) is 32.1 Å². The van der Waals surface area contributed by atoms with Crippen LogP contribution in [0.5, 0.6) is 0 Å². The fourth-order valence-electron chi connectivity index (χ4n) is 1.62. The van der Waals surface area contributed by atoms with Gasteiger partial charge in [0.15, 0.2) is 0 Å². The van der Waals surface area contributed by atoms with Crippen LogP contribution in [-0.4, -0.2) is 23.3 Å². The van der Waals surface area contributed by atoms with E-state index >= 15 is 0 Å². The van der Waals surface area contributed by atoms with Gasteiger partial charge in [0, 0.05) is 21.0 Å². The van der Waals surface area contributed by atoms with Crippen molar-refractivity contribution >= 4 is 38.5 Å². The van der Waals surface area contributed by atoms with E-state index < -0.39 is 0 Å². The fraction of sp³-hybridized carbons (Fsp3) is 0.385. The summed E-state index contributed by atoms with van der Waals surface area (Å²) in [5, 5.41) is 11.5. The Kier molecular flexibility index (Phi) is 5.77. The quantitative estimate of drug-likeness (QED) is 0.555. The van der Waals surface area contributed by atoms with E-state index in [0.29, 0.717) is 11.8 Å². The Balaban J connectivity index is 2.06. The first kappa shape index (κ1) is 14.9. The van der Waals surface area contributed by atoms with Crippen LogP contribution in [0.3, 0.4) is 0 Å². The van der Waals surface area contributed by atoms with Crippen molar-refractivity contribution in [1.29, 1.82) is 0 Å². The van der Waals surface area contributed by atoms with Crippen molar-refractivity contribution in [2.45, 2.75) is 19.8 Å². The summed E-state index contributed by atoms with van der Waals surface area (Å²) in [6, 6.07) is 6.01. The van der Waals surface area contributed by atoms with Crippen molar-refractivity contribution in [3.63, 3.8) is 0 Å². The second kappa shape index (κ2) is 7.35. The SMILES string of the molecule is CCCNCCc1nnc(-c2cc(Br)ccc2I)o1. The molecule has 0 saturated carbocycles. The van der Waals surface area contributed by atoms with E-state index in [4.69, 9.17) is 4.42 Å². The van der Waals surface area contributed by atoms with Crippen LogP contribution in [0, 0.1) is 3.57 Å². The minimum atomic E-state index is 0.580. The molecule has 19 heavy (non-hydrogen) atoms. The Morgan fingerprint density at radius 3 is 2.95 bits per heavy atom. The molecular weight excluding hydrogens is 421 g/mol. The van der Waals surface area contributed by atoms with Gasteiger partial charge in [0.05, 0.1) is 5.56 Å². The summed E-state index contributed by atoms with van der Waals surface area (Å²) >= 11 is 5.72. The predicted molar refractivity (Wildman–Crippen MR) is 87.0 cm³/mol. The molecule has 0 aliphatic rings. The predicted octanol–water partition coefficient (Wildman–Crippen LogP) is 3.65. The molecule has 1 heterocycles. The summed E-state index contributed by atoms with van der Waals surface area (Å²) in [5.41, 5.74) is 0.968. The van der Waals surface area contributed by atoms with Gasteiger partial charge in [0.2, 0.25) is 11.8 Å². The highest BCUT2D eigenvalue weighted by Crippen LogP contribution is 2.27. The van der Waals surface area contributed by atoms with Gasteiger partial charge in [-0.3, -0.25) is 0 Å². The fourth-order valence-corrected chi connectivity index (χ4v) is 2.55. The Hall–Kier alpha value is -0.470. The minimum Gasteiger partial charge on any atom is -0.421 e. The van der Waals surface area contributed by atoms with Crippen LogP contribution in [0.25, 0.3) is 11.5 Å². The van der Waals surface area contributed by atoms with Gasteiger partial charge in [-0.2, -0.15) is 0 Å². The van der Waals surface area contributed by atoms with E-state index in [1.807, 2.05) is 18.2 Å². The maximum absolute atomic E-state index is 5.70. The number of hydrogen-bond donors (Lipinski definition) is 1. The molecule has 0 atom stereocenters. The zero-order chi connectivity index (χ0) is 13.7. The highest BCUT2D eigenvalue weighted by Gasteiger charge is 2.11. The van der Waals surface area contributed by atoms with Crippen LogP contribution in [-0.2, 0) is 6.42 Å². The summed E-state index contributed by atoms with van der Waals surface area (Å²) in [5.74, 6) is 1.26. The van der Waals surface area contributed by atoms with Gasteiger partial charge in [0.25, 0.3) is 0 Å². The van der Waals surface area contributed by atoms with Gasteiger partial charge in [-0.25, -0.2) is 0 Å².